The lowest BCUT2D eigenvalue weighted by atomic mass is 9.82. The van der Waals surface area contributed by atoms with Crippen LogP contribution in [0.25, 0.3) is 10.4 Å². The van der Waals surface area contributed by atoms with Crippen LogP contribution in [0.1, 0.15) is 39.0 Å². The van der Waals surface area contributed by atoms with Crippen molar-refractivity contribution in [2.45, 2.75) is 45.1 Å². The highest BCUT2D eigenvalue weighted by Gasteiger charge is 2.27. The van der Waals surface area contributed by atoms with Crippen LogP contribution in [0.2, 0.25) is 0 Å². The minimum absolute atomic E-state index is 0.0776. The van der Waals surface area contributed by atoms with E-state index < -0.39 is 0 Å². The number of rotatable bonds is 3. The maximum atomic E-state index is 11.1. The van der Waals surface area contributed by atoms with Gasteiger partial charge in [0.15, 0.2) is 0 Å². The van der Waals surface area contributed by atoms with Gasteiger partial charge in [-0.3, -0.25) is 4.79 Å². The third-order valence-corrected chi connectivity index (χ3v) is 2.63. The molecule has 0 amide bonds. The average Bonchev–Trinajstić information content (AvgIpc) is 2.10. The van der Waals surface area contributed by atoms with Crippen molar-refractivity contribution >= 4 is 5.78 Å². The first kappa shape index (κ1) is 10.1. The molecule has 2 atom stereocenters. The van der Waals surface area contributed by atoms with E-state index in [-0.39, 0.29) is 11.8 Å². The number of nitrogens with zero attached hydrogens (tertiary/aromatic N) is 3. The van der Waals surface area contributed by atoms with E-state index >= 15 is 0 Å². The molecule has 0 aromatic carbocycles. The zero-order valence-electron chi connectivity index (χ0n) is 7.94. The Bertz CT molecular complexity index is 233. The van der Waals surface area contributed by atoms with Gasteiger partial charge in [0.05, 0.1) is 0 Å². The van der Waals surface area contributed by atoms with E-state index in [1.165, 1.54) is 0 Å². The summed E-state index contributed by atoms with van der Waals surface area (Å²) in [6.45, 7) is 2.11. The second-order valence-electron chi connectivity index (χ2n) is 3.60. The molecule has 0 N–H and O–H groups in total. The third kappa shape index (κ3) is 2.74. The Morgan fingerprint density at radius 1 is 1.69 bits per heavy atom. The van der Waals surface area contributed by atoms with Crippen molar-refractivity contribution in [1.29, 1.82) is 0 Å². The number of hydrogen-bond acceptors (Lipinski definition) is 2. The maximum absolute atomic E-state index is 11.1. The molecule has 1 saturated carbocycles. The second kappa shape index (κ2) is 4.87. The minimum atomic E-state index is -0.0776. The van der Waals surface area contributed by atoms with Gasteiger partial charge in [-0.15, -0.1) is 0 Å². The van der Waals surface area contributed by atoms with E-state index in [1.807, 2.05) is 0 Å². The molecule has 0 aliphatic heterocycles. The lowest BCUT2D eigenvalue weighted by molar-refractivity contribution is -0.121. The molecule has 0 bridgehead atoms. The van der Waals surface area contributed by atoms with Crippen LogP contribution in [-0.4, -0.2) is 11.8 Å². The molecule has 0 aromatic rings. The quantitative estimate of drug-likeness (QED) is 0.375. The lowest BCUT2D eigenvalue weighted by Gasteiger charge is -2.26. The Kier molecular flexibility index (Phi) is 3.77. The molecule has 1 aliphatic carbocycles. The van der Waals surface area contributed by atoms with Gasteiger partial charge in [-0.25, -0.2) is 0 Å². The van der Waals surface area contributed by atoms with Gasteiger partial charge in [0.25, 0.3) is 0 Å². The maximum Gasteiger partial charge on any atom is 0.133 e. The van der Waals surface area contributed by atoms with Crippen LogP contribution >= 0.6 is 0 Å². The first-order valence-corrected chi connectivity index (χ1v) is 4.83. The highest BCUT2D eigenvalue weighted by molar-refractivity contribution is 5.79. The summed E-state index contributed by atoms with van der Waals surface area (Å²) in [4.78, 5) is 13.9. The van der Waals surface area contributed by atoms with E-state index in [1.54, 1.807) is 0 Å². The summed E-state index contributed by atoms with van der Waals surface area (Å²) in [5, 5.41) is 3.69. The summed E-state index contributed by atoms with van der Waals surface area (Å²) >= 11 is 0. The Morgan fingerprint density at radius 3 is 3.08 bits per heavy atom. The van der Waals surface area contributed by atoms with Gasteiger partial charge >= 0.3 is 0 Å². The Hall–Kier alpha value is -1.02. The molecule has 4 nitrogen and oxygen atoms in total. The second-order valence-corrected chi connectivity index (χ2v) is 3.60. The van der Waals surface area contributed by atoms with Crippen LogP contribution in [0, 0.1) is 5.92 Å². The predicted molar refractivity (Wildman–Crippen MR) is 50.2 cm³/mol. The number of carbonyl (C=O) groups is 1. The van der Waals surface area contributed by atoms with Crippen LogP contribution in [0.4, 0.5) is 0 Å². The number of carbonyl (C=O) groups excluding carboxylic acids is 1. The normalized spacial score (nSPS) is 28.2. The summed E-state index contributed by atoms with van der Waals surface area (Å²) in [6, 6.07) is -0.0776. The van der Waals surface area contributed by atoms with Crippen LogP contribution in [0.3, 0.4) is 0 Å². The Labute approximate surface area is 77.9 Å². The largest absolute Gasteiger partial charge is 0.300 e. The zero-order valence-corrected chi connectivity index (χ0v) is 7.94. The van der Waals surface area contributed by atoms with Crippen molar-refractivity contribution in [3.8, 4) is 0 Å². The van der Waals surface area contributed by atoms with Crippen molar-refractivity contribution in [3.05, 3.63) is 10.4 Å². The molecule has 0 spiro atoms. The van der Waals surface area contributed by atoms with Gasteiger partial charge in [-0.1, -0.05) is 24.9 Å². The fraction of sp³-hybridized carbons (Fsp3) is 0.889. The fourth-order valence-electron chi connectivity index (χ4n) is 1.95. The topological polar surface area (TPSA) is 65.8 Å². The van der Waals surface area contributed by atoms with Crippen LogP contribution < -0.4 is 0 Å². The highest BCUT2D eigenvalue weighted by Crippen LogP contribution is 2.28. The van der Waals surface area contributed by atoms with Crippen molar-refractivity contribution in [2.75, 3.05) is 0 Å². The molecule has 4 heteroatoms. The summed E-state index contributed by atoms with van der Waals surface area (Å²) in [6.07, 6.45) is 4.18. The van der Waals surface area contributed by atoms with Crippen LogP contribution in [0.15, 0.2) is 5.11 Å². The molecule has 13 heavy (non-hydrogen) atoms. The van der Waals surface area contributed by atoms with E-state index in [2.05, 4.69) is 16.9 Å². The first-order chi connectivity index (χ1) is 6.27. The Morgan fingerprint density at radius 2 is 2.46 bits per heavy atom. The summed E-state index contributed by atoms with van der Waals surface area (Å²) < 4.78 is 0. The SMILES string of the molecule is CCCC1CCC(=O)CC1N=[N+]=[N-]. The summed E-state index contributed by atoms with van der Waals surface area (Å²) in [5.74, 6) is 0.670. The van der Waals surface area contributed by atoms with Crippen LogP contribution in [-0.2, 0) is 4.79 Å². The number of Topliss-reactive ketones (excluding diaryl/α,β-unsaturated/α-hetero) is 1. The van der Waals surface area contributed by atoms with E-state index in [9.17, 15) is 4.79 Å². The van der Waals surface area contributed by atoms with Crippen molar-refractivity contribution in [3.63, 3.8) is 0 Å². The Balaban J connectivity index is 2.59. The molecule has 0 radical (unpaired) electrons. The van der Waals surface area contributed by atoms with Crippen molar-refractivity contribution in [1.82, 2.24) is 0 Å². The molecule has 72 valence electrons. The number of azide groups is 1. The van der Waals surface area contributed by atoms with Gasteiger partial charge in [0, 0.05) is 23.8 Å². The molecular formula is C9H15N3O. The summed E-state index contributed by atoms with van der Waals surface area (Å²) in [7, 11) is 0. The van der Waals surface area contributed by atoms with Gasteiger partial charge < -0.3 is 0 Å². The standard InChI is InChI=1S/C9H15N3O/c1-2-3-7-4-5-8(13)6-9(7)11-12-10/h7,9H,2-6H2,1H3. The van der Waals surface area contributed by atoms with Gasteiger partial charge in [0.2, 0.25) is 0 Å². The smallest absolute Gasteiger partial charge is 0.133 e. The molecule has 0 heterocycles. The fourth-order valence-corrected chi connectivity index (χ4v) is 1.95. The van der Waals surface area contributed by atoms with E-state index in [4.69, 9.17) is 5.53 Å². The highest BCUT2D eigenvalue weighted by atomic mass is 16.1. The lowest BCUT2D eigenvalue weighted by Crippen LogP contribution is -2.27. The number of hydrogen-bond donors (Lipinski definition) is 0. The predicted octanol–water partition coefficient (Wildman–Crippen LogP) is 2.83. The molecule has 1 fully saturated rings. The zero-order chi connectivity index (χ0) is 9.68. The van der Waals surface area contributed by atoms with Crippen molar-refractivity contribution in [2.24, 2.45) is 11.0 Å². The summed E-state index contributed by atoms with van der Waals surface area (Å²) in [5.41, 5.74) is 8.34. The average molecular weight is 181 g/mol. The monoisotopic (exact) mass is 181 g/mol. The molecule has 0 saturated heterocycles. The molecule has 1 rings (SSSR count). The minimum Gasteiger partial charge on any atom is -0.300 e. The first-order valence-electron chi connectivity index (χ1n) is 4.83. The third-order valence-electron chi connectivity index (χ3n) is 2.63. The molecular weight excluding hydrogens is 166 g/mol. The van der Waals surface area contributed by atoms with Crippen molar-refractivity contribution < 1.29 is 4.79 Å². The molecule has 0 aromatic heterocycles. The van der Waals surface area contributed by atoms with Crippen LogP contribution in [0.5, 0.6) is 0 Å². The number of ketones is 1. The van der Waals surface area contributed by atoms with Gasteiger partial charge in [-0.2, -0.15) is 0 Å². The molecule has 2 unspecified atom stereocenters. The van der Waals surface area contributed by atoms with E-state index in [0.717, 1.165) is 19.3 Å². The van der Waals surface area contributed by atoms with E-state index in [0.29, 0.717) is 18.8 Å². The van der Waals surface area contributed by atoms with Gasteiger partial charge in [-0.05, 0) is 17.9 Å². The molecule has 1 aliphatic rings. The van der Waals surface area contributed by atoms with Gasteiger partial charge in [0.1, 0.15) is 5.78 Å².